The number of hydrogen-bond acceptors (Lipinski definition) is 0. The predicted octanol–water partition coefficient (Wildman–Crippen LogP) is 8.66. The summed E-state index contributed by atoms with van der Waals surface area (Å²) in [5.74, 6) is 4.52. The maximum Gasteiger partial charge on any atom is -0.00814 e. The van der Waals surface area contributed by atoms with Gasteiger partial charge in [-0.05, 0) is 90.8 Å². The Bertz CT molecular complexity index is 552. The molecule has 6 atom stereocenters. The van der Waals surface area contributed by atoms with Gasteiger partial charge in [0, 0.05) is 0 Å². The summed E-state index contributed by atoms with van der Waals surface area (Å²) in [5.41, 5.74) is 3.57. The van der Waals surface area contributed by atoms with E-state index in [1.807, 2.05) is 19.4 Å². The van der Waals surface area contributed by atoms with E-state index in [0.717, 1.165) is 29.6 Å². The predicted molar refractivity (Wildman–Crippen MR) is 120 cm³/mol. The summed E-state index contributed by atoms with van der Waals surface area (Å²) >= 11 is 0. The molecule has 0 N–H and O–H groups in total. The number of allylic oxidation sites excluding steroid dienone is 2. The third-order valence-corrected chi connectivity index (χ3v) is 9.78. The molecule has 0 amide bonds. The van der Waals surface area contributed by atoms with E-state index in [9.17, 15) is 0 Å². The maximum absolute atomic E-state index is 2.90. The molecule has 5 rings (SSSR count). The van der Waals surface area contributed by atoms with Crippen LogP contribution in [0.25, 0.3) is 0 Å². The average Bonchev–Trinajstić information content (AvgIpc) is 2.89. The van der Waals surface area contributed by atoms with Crippen LogP contribution in [0.4, 0.5) is 0 Å². The van der Waals surface area contributed by atoms with Gasteiger partial charge in [0.15, 0.2) is 0 Å². The fourth-order valence-corrected chi connectivity index (χ4v) is 8.63. The average molecular weight is 373 g/mol. The second-order valence-corrected chi connectivity index (χ2v) is 11.6. The molecule has 5 aliphatic rings. The van der Waals surface area contributed by atoms with Gasteiger partial charge in [0.05, 0.1) is 0 Å². The quantitative estimate of drug-likeness (QED) is 0.425. The number of hydrogen-bond donors (Lipinski definition) is 0. The zero-order chi connectivity index (χ0) is 20.0. The van der Waals surface area contributed by atoms with E-state index in [4.69, 9.17) is 0 Å². The smallest absolute Gasteiger partial charge is 0.00814 e. The van der Waals surface area contributed by atoms with E-state index in [0.29, 0.717) is 16.2 Å². The van der Waals surface area contributed by atoms with Crippen LogP contribution in [0, 0.1) is 45.8 Å². The van der Waals surface area contributed by atoms with Crippen molar-refractivity contribution in [2.75, 3.05) is 0 Å². The van der Waals surface area contributed by atoms with Crippen molar-refractivity contribution in [1.82, 2.24) is 0 Å². The molecule has 0 aromatic carbocycles. The molecule has 0 nitrogen and oxygen atoms in total. The lowest BCUT2D eigenvalue weighted by atomic mass is 9.40. The molecule has 6 unspecified atom stereocenters. The Kier molecular flexibility index (Phi) is 5.98. The molecule has 0 heterocycles. The molecule has 1 spiro atoms. The highest BCUT2D eigenvalue weighted by Gasteiger charge is 2.61. The molecule has 27 heavy (non-hydrogen) atoms. The van der Waals surface area contributed by atoms with E-state index in [1.165, 1.54) is 57.8 Å². The Morgan fingerprint density at radius 1 is 0.963 bits per heavy atom. The monoisotopic (exact) mass is 372 g/mol. The molecule has 0 aromatic heterocycles. The highest BCUT2D eigenvalue weighted by molar-refractivity contribution is 5.27. The van der Waals surface area contributed by atoms with Crippen molar-refractivity contribution >= 4 is 0 Å². The van der Waals surface area contributed by atoms with Gasteiger partial charge in [0.2, 0.25) is 0 Å². The summed E-state index contributed by atoms with van der Waals surface area (Å²) in [7, 11) is 0. The van der Waals surface area contributed by atoms with Crippen molar-refractivity contribution < 1.29 is 0 Å². The van der Waals surface area contributed by atoms with Gasteiger partial charge in [-0.2, -0.15) is 0 Å². The van der Waals surface area contributed by atoms with E-state index >= 15 is 0 Å². The molecule has 0 saturated heterocycles. The molecule has 2 bridgehead atoms. The van der Waals surface area contributed by atoms with Gasteiger partial charge in [-0.15, -0.1) is 0 Å². The summed E-state index contributed by atoms with van der Waals surface area (Å²) in [6.45, 7) is 19.3. The Morgan fingerprint density at radius 2 is 1.63 bits per heavy atom. The fraction of sp³-hybridized carbons (Fsp3) is 0.926. The number of rotatable bonds is 2. The topological polar surface area (TPSA) is 0 Å². The zero-order valence-electron chi connectivity index (χ0n) is 19.8. The standard InChI is InChI=1S/C25H42.C2H6/c1-7-18-9-13-25-14-10-21-23(4,5)11-8-12-24(21,6)22(25)15-19(18)20(16-25)17(2)3;1-2/h16-19,21-22H,7-15H2,1-6H3;1-2H3. The first kappa shape index (κ1) is 21.4. The van der Waals surface area contributed by atoms with Crippen molar-refractivity contribution in [2.24, 2.45) is 45.8 Å². The molecule has 0 radical (unpaired) electrons. The third kappa shape index (κ3) is 3.26. The minimum Gasteiger partial charge on any atom is -0.0783 e. The van der Waals surface area contributed by atoms with Crippen molar-refractivity contribution in [3.63, 3.8) is 0 Å². The Balaban J connectivity index is 0.00000102. The van der Waals surface area contributed by atoms with Crippen LogP contribution >= 0.6 is 0 Å². The van der Waals surface area contributed by atoms with Crippen LogP contribution in [0.1, 0.15) is 113 Å². The van der Waals surface area contributed by atoms with Crippen molar-refractivity contribution in [2.45, 2.75) is 113 Å². The molecule has 5 aliphatic carbocycles. The summed E-state index contributed by atoms with van der Waals surface area (Å²) < 4.78 is 0. The second-order valence-electron chi connectivity index (χ2n) is 11.6. The SMILES string of the molecule is CC.CCC1CCC23C=C(C(C)C)C1CC2C1(C)CCCC(C)(C)C1CC3. The van der Waals surface area contributed by atoms with Crippen LogP contribution in [0.15, 0.2) is 11.6 Å². The molecule has 0 aromatic rings. The van der Waals surface area contributed by atoms with Crippen LogP contribution in [-0.4, -0.2) is 0 Å². The molecule has 0 aliphatic heterocycles. The van der Waals surface area contributed by atoms with Gasteiger partial charge in [-0.25, -0.2) is 0 Å². The normalized spacial score (nSPS) is 45.1. The largest absolute Gasteiger partial charge is 0.0783 e. The van der Waals surface area contributed by atoms with Crippen LogP contribution < -0.4 is 0 Å². The highest BCUT2D eigenvalue weighted by atomic mass is 14.7. The first-order valence-electron chi connectivity index (χ1n) is 12.5. The summed E-state index contributed by atoms with van der Waals surface area (Å²) in [4.78, 5) is 0. The second kappa shape index (κ2) is 7.53. The number of fused-ring (bicyclic) bond motifs is 3. The van der Waals surface area contributed by atoms with Crippen molar-refractivity contribution in [1.29, 1.82) is 0 Å². The minimum absolute atomic E-state index is 0.554. The molecular weight excluding hydrogens is 324 g/mol. The van der Waals surface area contributed by atoms with E-state index in [-0.39, 0.29) is 0 Å². The van der Waals surface area contributed by atoms with Gasteiger partial charge in [0.1, 0.15) is 0 Å². The van der Waals surface area contributed by atoms with Crippen LogP contribution in [0.3, 0.4) is 0 Å². The lowest BCUT2D eigenvalue weighted by Gasteiger charge is -2.64. The van der Waals surface area contributed by atoms with Gasteiger partial charge in [0.25, 0.3) is 0 Å². The Hall–Kier alpha value is -0.260. The van der Waals surface area contributed by atoms with Gasteiger partial charge < -0.3 is 0 Å². The fourth-order valence-electron chi connectivity index (χ4n) is 8.63. The third-order valence-electron chi connectivity index (χ3n) is 9.78. The van der Waals surface area contributed by atoms with E-state index < -0.39 is 0 Å². The van der Waals surface area contributed by atoms with Crippen molar-refractivity contribution in [3.05, 3.63) is 11.6 Å². The minimum atomic E-state index is 0.554. The molecule has 0 heteroatoms. The molecular formula is C27H48. The van der Waals surface area contributed by atoms with Gasteiger partial charge in [-0.1, -0.05) is 79.9 Å². The lowest BCUT2D eigenvalue weighted by molar-refractivity contribution is -0.127. The molecule has 156 valence electrons. The zero-order valence-corrected chi connectivity index (χ0v) is 19.8. The summed E-state index contributed by atoms with van der Waals surface area (Å²) in [6, 6.07) is 0. The summed E-state index contributed by atoms with van der Waals surface area (Å²) in [6.07, 6.45) is 16.2. The van der Waals surface area contributed by atoms with E-state index in [2.05, 4.69) is 47.6 Å². The molecule has 3 saturated carbocycles. The van der Waals surface area contributed by atoms with Crippen molar-refractivity contribution in [3.8, 4) is 0 Å². The summed E-state index contributed by atoms with van der Waals surface area (Å²) in [5, 5.41) is 0. The van der Waals surface area contributed by atoms with Gasteiger partial charge in [-0.3, -0.25) is 0 Å². The Labute approximate surface area is 171 Å². The Morgan fingerprint density at radius 3 is 2.26 bits per heavy atom. The first-order valence-corrected chi connectivity index (χ1v) is 12.5. The maximum atomic E-state index is 2.90. The molecule has 3 fully saturated rings. The van der Waals surface area contributed by atoms with Crippen LogP contribution in [0.5, 0.6) is 0 Å². The van der Waals surface area contributed by atoms with Gasteiger partial charge >= 0.3 is 0 Å². The lowest BCUT2D eigenvalue weighted by Crippen LogP contribution is -2.56. The van der Waals surface area contributed by atoms with E-state index in [1.54, 1.807) is 0 Å². The van der Waals surface area contributed by atoms with Crippen LogP contribution in [0.2, 0.25) is 0 Å². The highest BCUT2D eigenvalue weighted by Crippen LogP contribution is 2.70. The van der Waals surface area contributed by atoms with Crippen LogP contribution in [-0.2, 0) is 0 Å². The first-order chi connectivity index (χ1) is 12.7.